The molecular formula is C14H19N3O2. The molecule has 2 aliphatic rings. The number of methoxy groups -OCH3 is 1. The summed E-state index contributed by atoms with van der Waals surface area (Å²) in [5, 5.41) is 7.81. The van der Waals surface area contributed by atoms with E-state index in [1.54, 1.807) is 12.1 Å². The number of carbonyl (C=O) groups is 1. The lowest BCUT2D eigenvalue weighted by molar-refractivity contribution is 0.0776. The fourth-order valence-corrected chi connectivity index (χ4v) is 3.28. The largest absolute Gasteiger partial charge is 0.480 e. The van der Waals surface area contributed by atoms with Crippen LogP contribution in [0.5, 0.6) is 5.88 Å². The summed E-state index contributed by atoms with van der Waals surface area (Å²) in [7, 11) is 1.54. The van der Waals surface area contributed by atoms with E-state index < -0.39 is 0 Å². The van der Waals surface area contributed by atoms with Gasteiger partial charge in [0, 0.05) is 19.2 Å². The number of carbonyl (C=O) groups excluding carboxylic acids is 1. The Morgan fingerprint density at radius 3 is 2.42 bits per heavy atom. The zero-order valence-corrected chi connectivity index (χ0v) is 11.2. The molecule has 1 aromatic heterocycles. The smallest absolute Gasteiger partial charge is 0.274 e. The zero-order chi connectivity index (χ0) is 13.2. The quantitative estimate of drug-likeness (QED) is 0.814. The average molecular weight is 261 g/mol. The second kappa shape index (κ2) is 5.15. The van der Waals surface area contributed by atoms with Crippen molar-refractivity contribution in [3.8, 4) is 5.88 Å². The van der Waals surface area contributed by atoms with Crippen LogP contribution in [0.15, 0.2) is 12.1 Å². The Balaban J connectivity index is 1.70. The lowest BCUT2D eigenvalue weighted by atomic mass is 9.82. The molecule has 1 aliphatic carbocycles. The van der Waals surface area contributed by atoms with E-state index in [0.29, 0.717) is 23.4 Å². The van der Waals surface area contributed by atoms with Crippen LogP contribution in [0.1, 0.15) is 36.2 Å². The van der Waals surface area contributed by atoms with E-state index in [2.05, 4.69) is 10.2 Å². The summed E-state index contributed by atoms with van der Waals surface area (Å²) in [6.45, 7) is 1.77. The van der Waals surface area contributed by atoms with Crippen molar-refractivity contribution in [2.45, 2.75) is 25.7 Å². The minimum atomic E-state index is 0.00422. The highest BCUT2D eigenvalue weighted by atomic mass is 16.5. The number of amides is 1. The van der Waals surface area contributed by atoms with Crippen LogP contribution in [0.4, 0.5) is 0 Å². The number of rotatable bonds is 2. The third kappa shape index (κ3) is 2.41. The minimum absolute atomic E-state index is 0.00422. The van der Waals surface area contributed by atoms with Crippen LogP contribution >= 0.6 is 0 Å². The molecule has 1 saturated carbocycles. The lowest BCUT2D eigenvalue weighted by Crippen LogP contribution is -2.29. The standard InChI is InChI=1S/C14H19N3O2/c1-19-13-7-6-12(15-16-13)14(18)17-8-10-4-2-3-5-11(10)9-17/h6-7,10-11H,2-5,8-9H2,1H3/t10-,11-/m1/s1. The molecule has 19 heavy (non-hydrogen) atoms. The number of ether oxygens (including phenoxy) is 1. The highest BCUT2D eigenvalue weighted by Crippen LogP contribution is 2.36. The maximum atomic E-state index is 12.4. The van der Waals surface area contributed by atoms with Crippen molar-refractivity contribution in [2.24, 2.45) is 11.8 Å². The summed E-state index contributed by atoms with van der Waals surface area (Å²) in [6, 6.07) is 3.37. The van der Waals surface area contributed by atoms with Crippen molar-refractivity contribution in [2.75, 3.05) is 20.2 Å². The number of aromatic nitrogens is 2. The van der Waals surface area contributed by atoms with Crippen molar-refractivity contribution in [3.05, 3.63) is 17.8 Å². The normalized spacial score (nSPS) is 26.1. The summed E-state index contributed by atoms with van der Waals surface area (Å²) in [4.78, 5) is 14.3. The van der Waals surface area contributed by atoms with Gasteiger partial charge in [0.05, 0.1) is 7.11 Å². The summed E-state index contributed by atoms with van der Waals surface area (Å²) >= 11 is 0. The molecule has 0 radical (unpaired) electrons. The first-order chi connectivity index (χ1) is 9.28. The number of hydrogen-bond donors (Lipinski definition) is 0. The Morgan fingerprint density at radius 1 is 1.21 bits per heavy atom. The van der Waals surface area contributed by atoms with E-state index >= 15 is 0 Å². The molecule has 0 unspecified atom stereocenters. The highest BCUT2D eigenvalue weighted by molar-refractivity contribution is 5.92. The first-order valence-corrected chi connectivity index (χ1v) is 6.95. The van der Waals surface area contributed by atoms with E-state index in [0.717, 1.165) is 13.1 Å². The molecule has 0 spiro atoms. The van der Waals surface area contributed by atoms with E-state index in [-0.39, 0.29) is 5.91 Å². The van der Waals surface area contributed by atoms with Crippen molar-refractivity contribution in [1.82, 2.24) is 15.1 Å². The summed E-state index contributed by atoms with van der Waals surface area (Å²) < 4.78 is 4.95. The summed E-state index contributed by atoms with van der Waals surface area (Å²) in [5.41, 5.74) is 0.416. The summed E-state index contributed by atoms with van der Waals surface area (Å²) in [5.74, 6) is 1.84. The Kier molecular flexibility index (Phi) is 3.36. The fraction of sp³-hybridized carbons (Fsp3) is 0.643. The maximum Gasteiger partial charge on any atom is 0.274 e. The third-order valence-electron chi connectivity index (χ3n) is 4.33. The van der Waals surface area contributed by atoms with Crippen LogP contribution < -0.4 is 4.74 Å². The second-order valence-electron chi connectivity index (χ2n) is 5.48. The fourth-order valence-electron chi connectivity index (χ4n) is 3.28. The highest BCUT2D eigenvalue weighted by Gasteiger charge is 2.36. The molecule has 0 N–H and O–H groups in total. The van der Waals surface area contributed by atoms with Crippen LogP contribution in [0.2, 0.25) is 0 Å². The number of fused-ring (bicyclic) bond motifs is 1. The van der Waals surface area contributed by atoms with Gasteiger partial charge in [-0.15, -0.1) is 10.2 Å². The van der Waals surface area contributed by atoms with Gasteiger partial charge in [-0.2, -0.15) is 0 Å². The zero-order valence-electron chi connectivity index (χ0n) is 11.2. The van der Waals surface area contributed by atoms with Gasteiger partial charge in [0.1, 0.15) is 0 Å². The van der Waals surface area contributed by atoms with Crippen molar-refractivity contribution in [3.63, 3.8) is 0 Å². The first kappa shape index (κ1) is 12.4. The van der Waals surface area contributed by atoms with Crippen LogP contribution in [0, 0.1) is 11.8 Å². The van der Waals surface area contributed by atoms with Gasteiger partial charge in [-0.25, -0.2) is 0 Å². The number of nitrogens with zero attached hydrogens (tertiary/aromatic N) is 3. The number of hydrogen-bond acceptors (Lipinski definition) is 4. The molecule has 5 nitrogen and oxygen atoms in total. The second-order valence-corrected chi connectivity index (χ2v) is 5.48. The Hall–Kier alpha value is -1.65. The molecule has 0 bridgehead atoms. The Bertz CT molecular complexity index is 446. The molecule has 2 atom stereocenters. The van der Waals surface area contributed by atoms with Crippen molar-refractivity contribution in [1.29, 1.82) is 0 Å². The molecule has 1 amide bonds. The monoisotopic (exact) mass is 261 g/mol. The van der Waals surface area contributed by atoms with Crippen molar-refractivity contribution < 1.29 is 9.53 Å². The van der Waals surface area contributed by atoms with E-state index in [1.807, 2.05) is 4.90 Å². The molecule has 1 saturated heterocycles. The van der Waals surface area contributed by atoms with Crippen molar-refractivity contribution >= 4 is 5.91 Å². The van der Waals surface area contributed by atoms with Crippen LogP contribution in [-0.4, -0.2) is 41.2 Å². The Morgan fingerprint density at radius 2 is 1.89 bits per heavy atom. The summed E-state index contributed by atoms with van der Waals surface area (Å²) in [6.07, 6.45) is 5.16. The van der Waals surface area contributed by atoms with Gasteiger partial charge in [-0.1, -0.05) is 12.8 Å². The molecule has 1 aliphatic heterocycles. The van der Waals surface area contributed by atoms with E-state index in [9.17, 15) is 4.79 Å². The SMILES string of the molecule is COc1ccc(C(=O)N2C[C@H]3CCCC[C@@H]3C2)nn1. The molecule has 2 fully saturated rings. The molecule has 1 aromatic rings. The van der Waals surface area contributed by atoms with Gasteiger partial charge in [0.2, 0.25) is 5.88 Å². The molecule has 3 rings (SSSR count). The van der Waals surface area contributed by atoms with Gasteiger partial charge in [0.15, 0.2) is 5.69 Å². The van der Waals surface area contributed by atoms with Crippen LogP contribution in [-0.2, 0) is 0 Å². The molecule has 0 aromatic carbocycles. The predicted octanol–water partition coefficient (Wildman–Crippen LogP) is 1.75. The average Bonchev–Trinajstić information content (AvgIpc) is 2.90. The van der Waals surface area contributed by atoms with Gasteiger partial charge in [0.25, 0.3) is 5.91 Å². The molecule has 102 valence electrons. The van der Waals surface area contributed by atoms with Gasteiger partial charge < -0.3 is 9.64 Å². The van der Waals surface area contributed by atoms with Crippen LogP contribution in [0.25, 0.3) is 0 Å². The van der Waals surface area contributed by atoms with Gasteiger partial charge in [-0.3, -0.25) is 4.79 Å². The Labute approximate surface area is 113 Å². The van der Waals surface area contributed by atoms with Gasteiger partial charge >= 0.3 is 0 Å². The van der Waals surface area contributed by atoms with E-state index in [1.165, 1.54) is 32.8 Å². The topological polar surface area (TPSA) is 55.3 Å². The maximum absolute atomic E-state index is 12.4. The third-order valence-corrected chi connectivity index (χ3v) is 4.33. The molecule has 5 heteroatoms. The van der Waals surface area contributed by atoms with Gasteiger partial charge in [-0.05, 0) is 30.7 Å². The minimum Gasteiger partial charge on any atom is -0.480 e. The predicted molar refractivity (Wildman–Crippen MR) is 69.9 cm³/mol. The van der Waals surface area contributed by atoms with Crippen LogP contribution in [0.3, 0.4) is 0 Å². The molecule has 2 heterocycles. The van der Waals surface area contributed by atoms with E-state index in [4.69, 9.17) is 4.74 Å². The lowest BCUT2D eigenvalue weighted by Gasteiger charge is -2.22. The number of likely N-dealkylation sites (tertiary alicyclic amines) is 1. The molecular weight excluding hydrogens is 242 g/mol. The first-order valence-electron chi connectivity index (χ1n) is 6.95.